The van der Waals surface area contributed by atoms with Crippen LogP contribution in [-0.2, 0) is 43.9 Å². The average molecular weight is 613 g/mol. The second-order valence-corrected chi connectivity index (χ2v) is 11.6. The van der Waals surface area contributed by atoms with Gasteiger partial charge in [-0.05, 0) is 30.9 Å². The molecule has 1 aromatic carbocycles. The minimum atomic E-state index is -4.48. The van der Waals surface area contributed by atoms with E-state index in [0.29, 0.717) is 19.4 Å². The normalized spacial score (nSPS) is 15.8. The number of nitrogens with one attached hydrogen (secondary N) is 4. The third-order valence-corrected chi connectivity index (χ3v) is 7.71. The van der Waals surface area contributed by atoms with Crippen LogP contribution in [0.3, 0.4) is 0 Å². The van der Waals surface area contributed by atoms with Crippen LogP contribution in [0.4, 0.5) is 0 Å². The third-order valence-electron chi connectivity index (χ3n) is 6.73. The lowest BCUT2D eigenvalue weighted by Gasteiger charge is -2.24. The molecule has 5 atom stereocenters. The maximum Gasteiger partial charge on any atom is 0.472 e. The largest absolute Gasteiger partial charge is 0.472 e. The first-order valence-corrected chi connectivity index (χ1v) is 15.6. The van der Waals surface area contributed by atoms with E-state index < -0.39 is 25.8 Å². The molecule has 3 amide bonds. The van der Waals surface area contributed by atoms with Crippen LogP contribution < -0.4 is 16.0 Å². The number of hydrogen-bond donors (Lipinski definition) is 5. The number of rotatable bonds is 20. The highest BCUT2D eigenvalue weighted by Gasteiger charge is 2.27. The Morgan fingerprint density at radius 1 is 1.07 bits per heavy atom. The Labute approximate surface area is 247 Å². The summed E-state index contributed by atoms with van der Waals surface area (Å²) < 4.78 is 33.0. The number of carbonyl (C=O) groups is 3. The fraction of sp³-hybridized carbons (Fsp3) is 0.607. The summed E-state index contributed by atoms with van der Waals surface area (Å²) in [5, 5.41) is 9.01. The van der Waals surface area contributed by atoms with Crippen LogP contribution >= 0.6 is 7.82 Å². The van der Waals surface area contributed by atoms with E-state index in [9.17, 15) is 23.8 Å². The van der Waals surface area contributed by atoms with Crippen LogP contribution in [0.2, 0.25) is 0 Å². The van der Waals surface area contributed by atoms with E-state index in [1.54, 1.807) is 13.3 Å². The predicted octanol–water partition coefficient (Wildman–Crippen LogP) is 2.44. The Morgan fingerprint density at radius 3 is 2.50 bits per heavy atom. The minimum absolute atomic E-state index is 0.00838. The van der Waals surface area contributed by atoms with Crippen molar-refractivity contribution in [3.05, 3.63) is 36.0 Å². The molecule has 1 aromatic heterocycles. The molecule has 0 saturated carbocycles. The number of aromatic nitrogens is 1. The molecule has 0 spiro atoms. The van der Waals surface area contributed by atoms with Crippen molar-refractivity contribution < 1.29 is 42.4 Å². The molecule has 42 heavy (non-hydrogen) atoms. The third kappa shape index (κ3) is 12.6. The summed E-state index contributed by atoms with van der Waals surface area (Å²) >= 11 is 0. The highest BCUT2D eigenvalue weighted by Crippen LogP contribution is 2.42. The van der Waals surface area contributed by atoms with Crippen LogP contribution in [0.25, 0.3) is 10.9 Å². The van der Waals surface area contributed by atoms with Crippen LogP contribution in [-0.4, -0.2) is 85.9 Å². The maximum absolute atomic E-state index is 12.9. The van der Waals surface area contributed by atoms with Gasteiger partial charge in [0.15, 0.2) is 0 Å². The summed E-state index contributed by atoms with van der Waals surface area (Å²) in [6.45, 7) is 6.70. The number of hydrogen-bond acceptors (Lipinski definition) is 8. The second-order valence-electron chi connectivity index (χ2n) is 10.2. The van der Waals surface area contributed by atoms with Crippen molar-refractivity contribution in [3.63, 3.8) is 0 Å². The molecule has 13 nitrogen and oxygen atoms in total. The van der Waals surface area contributed by atoms with Crippen LogP contribution in [0.1, 0.15) is 46.1 Å². The first-order chi connectivity index (χ1) is 20.0. The van der Waals surface area contributed by atoms with Crippen molar-refractivity contribution in [2.75, 3.05) is 40.1 Å². The Morgan fingerprint density at radius 2 is 1.81 bits per heavy atom. The quantitative estimate of drug-likeness (QED) is 0.111. The maximum atomic E-state index is 12.9. The van der Waals surface area contributed by atoms with Gasteiger partial charge < -0.3 is 35.3 Å². The zero-order chi connectivity index (χ0) is 31.1. The fourth-order valence-corrected chi connectivity index (χ4v) is 4.82. The number of benzene rings is 1. The number of methoxy groups -OCH3 is 1. The van der Waals surface area contributed by atoms with E-state index in [4.69, 9.17) is 18.5 Å². The molecule has 1 heterocycles. The number of phosphoric acid groups is 1. The van der Waals surface area contributed by atoms with Gasteiger partial charge in [-0.25, -0.2) is 4.57 Å². The lowest BCUT2D eigenvalue weighted by Crippen LogP contribution is -2.51. The van der Waals surface area contributed by atoms with E-state index in [0.717, 1.165) is 16.5 Å². The summed E-state index contributed by atoms with van der Waals surface area (Å²) in [4.78, 5) is 50.4. The predicted molar refractivity (Wildman–Crippen MR) is 158 cm³/mol. The van der Waals surface area contributed by atoms with Gasteiger partial charge in [-0.15, -0.1) is 0 Å². The smallest absolute Gasteiger partial charge is 0.382 e. The van der Waals surface area contributed by atoms with Crippen molar-refractivity contribution >= 4 is 36.4 Å². The molecular formula is C28H45N4O9P. The number of H-pyrrole nitrogens is 1. The van der Waals surface area contributed by atoms with Gasteiger partial charge in [0.25, 0.3) is 0 Å². The van der Waals surface area contributed by atoms with Crippen molar-refractivity contribution in [2.45, 2.75) is 65.1 Å². The molecule has 0 bridgehead atoms. The lowest BCUT2D eigenvalue weighted by atomic mass is 9.98. The van der Waals surface area contributed by atoms with E-state index >= 15 is 0 Å². The number of fused-ring (bicyclic) bond motifs is 1. The molecule has 2 rings (SSSR count). The minimum Gasteiger partial charge on any atom is -0.382 e. The van der Waals surface area contributed by atoms with E-state index in [1.165, 1.54) is 6.92 Å². The van der Waals surface area contributed by atoms with Crippen LogP contribution in [0, 0.1) is 5.92 Å². The molecule has 5 N–H and O–H groups in total. The molecule has 0 aliphatic rings. The number of phosphoric ester groups is 1. The van der Waals surface area contributed by atoms with Crippen molar-refractivity contribution in [2.24, 2.45) is 5.92 Å². The number of aromatic amines is 1. The van der Waals surface area contributed by atoms with Gasteiger partial charge in [-0.1, -0.05) is 38.5 Å². The second kappa shape index (κ2) is 18.0. The van der Waals surface area contributed by atoms with Crippen molar-refractivity contribution in [1.29, 1.82) is 0 Å². The van der Waals surface area contributed by atoms with Crippen LogP contribution in [0.5, 0.6) is 0 Å². The molecule has 0 aliphatic heterocycles. The van der Waals surface area contributed by atoms with Crippen molar-refractivity contribution in [1.82, 2.24) is 20.9 Å². The van der Waals surface area contributed by atoms with E-state index in [1.807, 2.05) is 45.0 Å². The average Bonchev–Trinajstić information content (AvgIpc) is 3.36. The molecule has 0 aliphatic carbocycles. The summed E-state index contributed by atoms with van der Waals surface area (Å²) in [7, 11) is -2.89. The zero-order valence-electron chi connectivity index (χ0n) is 25.0. The fourth-order valence-electron chi connectivity index (χ4n) is 4.06. The first kappa shape index (κ1) is 35.4. The first-order valence-electron chi connectivity index (χ1n) is 14.1. The van der Waals surface area contributed by atoms with Gasteiger partial charge in [0.2, 0.25) is 17.7 Å². The molecule has 236 valence electrons. The highest BCUT2D eigenvalue weighted by molar-refractivity contribution is 7.47. The number of para-hydroxylation sites is 1. The van der Waals surface area contributed by atoms with Gasteiger partial charge >= 0.3 is 7.82 Å². The van der Waals surface area contributed by atoms with Gasteiger partial charge in [-0.2, -0.15) is 0 Å². The topological polar surface area (TPSA) is 177 Å². The summed E-state index contributed by atoms with van der Waals surface area (Å²) in [6.07, 6.45) is 3.18. The highest BCUT2D eigenvalue weighted by atomic mass is 31.2. The summed E-state index contributed by atoms with van der Waals surface area (Å²) in [6, 6.07) is 6.18. The van der Waals surface area contributed by atoms with Crippen molar-refractivity contribution in [3.8, 4) is 0 Å². The Hall–Kier alpha value is -2.80. The molecule has 0 fully saturated rings. The number of carbonyl (C=O) groups excluding carboxylic acids is 3. The monoisotopic (exact) mass is 612 g/mol. The molecular weight excluding hydrogens is 567 g/mol. The zero-order valence-corrected chi connectivity index (χ0v) is 25.9. The number of ether oxygens (including phenoxy) is 2. The van der Waals surface area contributed by atoms with Gasteiger partial charge in [0.1, 0.15) is 6.04 Å². The molecule has 14 heteroatoms. The number of amides is 3. The lowest BCUT2D eigenvalue weighted by molar-refractivity contribution is -0.130. The van der Waals surface area contributed by atoms with E-state index in [2.05, 4.69) is 20.9 Å². The summed E-state index contributed by atoms with van der Waals surface area (Å²) in [5.41, 5.74) is 1.75. The molecule has 0 saturated heterocycles. The Balaban J connectivity index is 1.80. The Kier molecular flexibility index (Phi) is 15.2. The van der Waals surface area contributed by atoms with Gasteiger partial charge in [0, 0.05) is 44.3 Å². The molecule has 1 unspecified atom stereocenters. The van der Waals surface area contributed by atoms with Crippen LogP contribution in [0.15, 0.2) is 30.5 Å². The van der Waals surface area contributed by atoms with Gasteiger partial charge in [0.05, 0.1) is 38.4 Å². The van der Waals surface area contributed by atoms with E-state index in [-0.39, 0.29) is 56.6 Å². The Bertz CT molecular complexity index is 1190. The SMILES string of the molecule is CC[C@H](C)[C@H](NC(=O)Cc1c[nH]c2ccccc12)C(=O)NCCOP(=O)(O)OC[C@@H](COCC[C@@H](C)OC)NC(C)=O. The summed E-state index contributed by atoms with van der Waals surface area (Å²) in [5.74, 6) is -1.23. The molecule has 2 aromatic rings. The van der Waals surface area contributed by atoms with Gasteiger partial charge in [-0.3, -0.25) is 23.4 Å². The standard InChI is InChI=1S/C28H45N4O9P/c1-6-19(2)27(32-26(34)15-22-16-30-25-10-8-7-9-24(22)25)28(35)29-12-14-40-42(36,37)41-18-23(31-21(4)33)17-39-13-11-20(3)38-5/h7-10,16,19-20,23,27,30H,6,11-15,17-18H2,1-5H3,(H,29,35)(H,31,33)(H,32,34)(H,36,37)/t19-,20+,23+,27-/m0/s1. The molecule has 0 radical (unpaired) electrons.